The Hall–Kier alpha value is -5.17. The third kappa shape index (κ3) is 3.09. The van der Waals surface area contributed by atoms with E-state index in [0.717, 1.165) is 11.3 Å². The second kappa shape index (κ2) is 8.68. The molecule has 0 saturated carbocycles. The first-order valence-corrected chi connectivity index (χ1v) is 13.0. The molecule has 1 spiro atoms. The van der Waals surface area contributed by atoms with Gasteiger partial charge in [-0.05, 0) is 17.2 Å². The minimum atomic E-state index is -1.70. The molecule has 0 N–H and O–H groups in total. The van der Waals surface area contributed by atoms with Gasteiger partial charge < -0.3 is 4.90 Å². The average molecular weight is 527 g/mol. The fraction of sp³-hybridized carbons (Fsp3) is 0.121. The van der Waals surface area contributed by atoms with Gasteiger partial charge in [0.05, 0.1) is 11.0 Å². The number of rotatable bonds is 4. The molecule has 1 aliphatic carbocycles. The first-order chi connectivity index (χ1) is 19.4. The maximum Gasteiger partial charge on any atom is 0.269 e. The Bertz CT molecular complexity index is 1740. The molecule has 7 rings (SSSR count). The third-order valence-electron chi connectivity index (χ3n) is 8.48. The van der Waals surface area contributed by atoms with E-state index in [9.17, 15) is 24.5 Å². The summed E-state index contributed by atoms with van der Waals surface area (Å²) in [6.45, 7) is 0. The number of hydrogen-bond acceptors (Lipinski definition) is 6. The Morgan fingerprint density at radius 2 is 1.45 bits per heavy atom. The molecule has 2 aliphatic heterocycles. The second-order valence-electron chi connectivity index (χ2n) is 10.3. The molecule has 40 heavy (non-hydrogen) atoms. The van der Waals surface area contributed by atoms with Crippen LogP contribution in [-0.2, 0) is 0 Å². The zero-order valence-corrected chi connectivity index (χ0v) is 21.1. The summed E-state index contributed by atoms with van der Waals surface area (Å²) >= 11 is 0. The Labute approximate surface area is 229 Å². The van der Waals surface area contributed by atoms with Crippen molar-refractivity contribution in [3.63, 3.8) is 0 Å². The molecule has 4 aromatic rings. The van der Waals surface area contributed by atoms with Gasteiger partial charge in [0.1, 0.15) is 11.5 Å². The molecule has 7 heteroatoms. The average Bonchev–Trinajstić information content (AvgIpc) is 3.43. The second-order valence-corrected chi connectivity index (χ2v) is 10.3. The van der Waals surface area contributed by atoms with Crippen LogP contribution in [-0.4, -0.2) is 34.4 Å². The van der Waals surface area contributed by atoms with E-state index in [1.165, 1.54) is 12.1 Å². The van der Waals surface area contributed by atoms with Crippen molar-refractivity contribution in [2.75, 3.05) is 4.90 Å². The Balaban J connectivity index is 1.56. The number of carbonyl (C=O) groups excluding carboxylic acids is 3. The van der Waals surface area contributed by atoms with E-state index in [4.69, 9.17) is 0 Å². The normalized spacial score (nSPS) is 21.7. The quantitative estimate of drug-likeness (QED) is 0.142. The van der Waals surface area contributed by atoms with Crippen molar-refractivity contribution < 1.29 is 19.3 Å². The van der Waals surface area contributed by atoms with Gasteiger partial charge in [0.25, 0.3) is 5.69 Å². The lowest BCUT2D eigenvalue weighted by Gasteiger charge is -2.37. The number of nitro groups is 1. The van der Waals surface area contributed by atoms with Gasteiger partial charge in [0.15, 0.2) is 17.3 Å². The highest BCUT2D eigenvalue weighted by atomic mass is 16.6. The summed E-state index contributed by atoms with van der Waals surface area (Å²) in [5.74, 6) is -1.99. The lowest BCUT2D eigenvalue weighted by Crippen LogP contribution is -2.48. The van der Waals surface area contributed by atoms with Gasteiger partial charge in [-0.1, -0.05) is 97.1 Å². The molecule has 0 amide bonds. The van der Waals surface area contributed by atoms with Crippen molar-refractivity contribution in [2.45, 2.75) is 18.0 Å². The topological polar surface area (TPSA) is 97.6 Å². The molecule has 1 saturated heterocycles. The number of nitrogens with zero attached hydrogens (tertiary/aromatic N) is 2. The largest absolute Gasteiger partial charge is 0.352 e. The predicted molar refractivity (Wildman–Crippen MR) is 150 cm³/mol. The monoisotopic (exact) mass is 526 g/mol. The Morgan fingerprint density at radius 1 is 0.800 bits per heavy atom. The molecule has 1 unspecified atom stereocenters. The molecular weight excluding hydrogens is 504 g/mol. The van der Waals surface area contributed by atoms with Crippen molar-refractivity contribution in [2.24, 2.45) is 5.41 Å². The summed E-state index contributed by atoms with van der Waals surface area (Å²) in [6.07, 6.45) is 3.73. The SMILES string of the molecule is O=C(c1ccccc1)[C@H]1[C@H](c2cccc([N+](=O)[O-])c2)C2(C(=O)c3ccccc3C2=O)C2C=Cc3ccccc3N21. The minimum Gasteiger partial charge on any atom is -0.352 e. The van der Waals surface area contributed by atoms with Gasteiger partial charge in [-0.3, -0.25) is 24.5 Å². The van der Waals surface area contributed by atoms with E-state index in [1.807, 2.05) is 47.4 Å². The number of hydrogen-bond donors (Lipinski definition) is 0. The molecule has 0 radical (unpaired) electrons. The fourth-order valence-electron chi connectivity index (χ4n) is 6.90. The number of ketones is 3. The summed E-state index contributed by atoms with van der Waals surface area (Å²) in [4.78, 5) is 56.9. The molecular formula is C33H22N2O5. The maximum atomic E-state index is 14.6. The van der Waals surface area contributed by atoms with E-state index in [2.05, 4.69) is 0 Å². The first-order valence-electron chi connectivity index (χ1n) is 13.0. The van der Waals surface area contributed by atoms with Crippen LogP contribution in [0.4, 0.5) is 11.4 Å². The summed E-state index contributed by atoms with van der Waals surface area (Å²) in [5, 5.41) is 11.8. The van der Waals surface area contributed by atoms with Crippen LogP contribution in [0.1, 0.15) is 48.1 Å². The number of benzene rings is 4. The van der Waals surface area contributed by atoms with E-state index in [0.29, 0.717) is 22.3 Å². The lowest BCUT2D eigenvalue weighted by atomic mass is 9.64. The highest BCUT2D eigenvalue weighted by Crippen LogP contribution is 2.61. The highest BCUT2D eigenvalue weighted by Gasteiger charge is 2.71. The van der Waals surface area contributed by atoms with Gasteiger partial charge in [-0.25, -0.2) is 0 Å². The van der Waals surface area contributed by atoms with Crippen LogP contribution in [0, 0.1) is 15.5 Å². The van der Waals surface area contributed by atoms with E-state index < -0.39 is 28.3 Å². The lowest BCUT2D eigenvalue weighted by molar-refractivity contribution is -0.384. The summed E-state index contributed by atoms with van der Waals surface area (Å²) < 4.78 is 0. The number of nitro benzene ring substituents is 1. The van der Waals surface area contributed by atoms with Crippen molar-refractivity contribution in [3.8, 4) is 0 Å². The van der Waals surface area contributed by atoms with Gasteiger partial charge in [-0.15, -0.1) is 0 Å². The van der Waals surface area contributed by atoms with Gasteiger partial charge in [0, 0.05) is 40.4 Å². The smallest absolute Gasteiger partial charge is 0.269 e. The summed E-state index contributed by atoms with van der Waals surface area (Å²) in [5.41, 5.74) is 1.17. The summed E-state index contributed by atoms with van der Waals surface area (Å²) in [6, 6.07) is 27.3. The van der Waals surface area contributed by atoms with Crippen LogP contribution in [0.15, 0.2) is 109 Å². The van der Waals surface area contributed by atoms with E-state index in [1.54, 1.807) is 60.7 Å². The highest BCUT2D eigenvalue weighted by molar-refractivity contribution is 6.32. The Kier molecular flexibility index (Phi) is 5.19. The molecule has 2 heterocycles. The van der Waals surface area contributed by atoms with Crippen molar-refractivity contribution in [3.05, 3.63) is 147 Å². The molecule has 0 aromatic heterocycles. The molecule has 194 valence electrons. The van der Waals surface area contributed by atoms with Crippen molar-refractivity contribution >= 4 is 34.8 Å². The molecule has 3 atom stereocenters. The number of para-hydroxylation sites is 1. The number of fused-ring (bicyclic) bond motifs is 5. The number of non-ortho nitro benzene ring substituents is 1. The van der Waals surface area contributed by atoms with Crippen LogP contribution >= 0.6 is 0 Å². The van der Waals surface area contributed by atoms with Crippen LogP contribution in [0.3, 0.4) is 0 Å². The van der Waals surface area contributed by atoms with Crippen molar-refractivity contribution in [1.29, 1.82) is 0 Å². The van der Waals surface area contributed by atoms with Crippen LogP contribution in [0.2, 0.25) is 0 Å². The third-order valence-corrected chi connectivity index (χ3v) is 8.48. The molecule has 4 aromatic carbocycles. The minimum absolute atomic E-state index is 0.171. The number of anilines is 1. The van der Waals surface area contributed by atoms with Crippen molar-refractivity contribution in [1.82, 2.24) is 0 Å². The molecule has 0 bridgehead atoms. The Morgan fingerprint density at radius 3 is 2.15 bits per heavy atom. The van der Waals surface area contributed by atoms with E-state index in [-0.39, 0.29) is 23.0 Å². The molecule has 3 aliphatic rings. The standard InChI is InChI=1S/C33H22N2O5/c36-30(21-10-2-1-3-11-21)29-28(22-12-8-13-23(19-22)35(39)40)33(31(37)24-14-5-6-15-25(24)32(33)38)27-18-17-20-9-4-7-16-26(20)34(27)29/h1-19,27-29H/t27?,28-,29+/m0/s1. The summed E-state index contributed by atoms with van der Waals surface area (Å²) in [7, 11) is 0. The van der Waals surface area contributed by atoms with Gasteiger partial charge in [0.2, 0.25) is 0 Å². The maximum absolute atomic E-state index is 14.6. The molecule has 1 fully saturated rings. The molecule has 7 nitrogen and oxygen atoms in total. The van der Waals surface area contributed by atoms with E-state index >= 15 is 0 Å². The number of carbonyl (C=O) groups is 3. The predicted octanol–water partition coefficient (Wildman–Crippen LogP) is 5.91. The zero-order chi connectivity index (χ0) is 27.6. The van der Waals surface area contributed by atoms with Gasteiger partial charge in [-0.2, -0.15) is 0 Å². The zero-order valence-electron chi connectivity index (χ0n) is 21.1. The first kappa shape index (κ1) is 23.9. The van der Waals surface area contributed by atoms with Crippen LogP contribution < -0.4 is 4.90 Å². The number of Topliss-reactive ketones (excluding diaryl/α,β-unsaturated/α-hetero) is 3. The van der Waals surface area contributed by atoms with Crippen LogP contribution in [0.25, 0.3) is 6.08 Å². The van der Waals surface area contributed by atoms with Crippen LogP contribution in [0.5, 0.6) is 0 Å². The van der Waals surface area contributed by atoms with Gasteiger partial charge >= 0.3 is 0 Å². The fourth-order valence-corrected chi connectivity index (χ4v) is 6.90.